The molecule has 0 spiro atoms. The Morgan fingerprint density at radius 2 is 1.81 bits per heavy atom. The van der Waals surface area contributed by atoms with Crippen LogP contribution in [0.4, 0.5) is 19.4 Å². The van der Waals surface area contributed by atoms with E-state index in [-0.39, 0.29) is 46.7 Å². The number of β-amino-alcohol motifs (C(OH)–C–C–N with tert-alkyl or cyclic N) is 1. The Morgan fingerprint density at radius 1 is 1.11 bits per heavy atom. The van der Waals surface area contributed by atoms with Gasteiger partial charge in [0.15, 0.2) is 11.6 Å². The van der Waals surface area contributed by atoms with Crippen molar-refractivity contribution in [3.63, 3.8) is 0 Å². The first kappa shape index (κ1) is 25.4. The van der Waals surface area contributed by atoms with Crippen molar-refractivity contribution in [2.75, 3.05) is 25.1 Å². The molecule has 2 heterocycles. The first-order valence-electron chi connectivity index (χ1n) is 11.1. The van der Waals surface area contributed by atoms with Gasteiger partial charge >= 0.3 is 6.09 Å². The normalized spacial score (nSPS) is 17.0. The van der Waals surface area contributed by atoms with Crippen molar-refractivity contribution in [1.82, 2.24) is 4.98 Å². The van der Waals surface area contributed by atoms with Crippen LogP contribution in [0.2, 0.25) is 0 Å². The maximum absolute atomic E-state index is 14.6. The van der Waals surface area contributed by atoms with E-state index in [0.29, 0.717) is 17.9 Å². The van der Waals surface area contributed by atoms with E-state index in [0.717, 1.165) is 6.07 Å². The summed E-state index contributed by atoms with van der Waals surface area (Å²) in [7, 11) is 1.33. The summed E-state index contributed by atoms with van der Waals surface area (Å²) in [5, 5.41) is 29.6. The van der Waals surface area contributed by atoms with Gasteiger partial charge in [0.2, 0.25) is 0 Å². The molecule has 4 rings (SSSR count). The fraction of sp³-hybridized carbons (Fsp3) is 0.231. The molecule has 0 aliphatic carbocycles. The summed E-state index contributed by atoms with van der Waals surface area (Å²) in [5.74, 6) is -1.14. The molecule has 1 saturated heterocycles. The quantitative estimate of drug-likeness (QED) is 0.536. The molecule has 1 aliphatic rings. The van der Waals surface area contributed by atoms with Gasteiger partial charge in [-0.1, -0.05) is 12.1 Å². The van der Waals surface area contributed by atoms with E-state index in [2.05, 4.69) is 11.1 Å². The molecule has 3 N–H and O–H groups in total. The number of nitrogens with two attached hydrogens (primary N) is 1. The average Bonchev–Trinajstić information content (AvgIpc) is 2.88. The number of carbonyl (C=O) groups is 1. The van der Waals surface area contributed by atoms with Crippen molar-refractivity contribution >= 4 is 11.9 Å². The highest BCUT2D eigenvalue weighted by molar-refractivity contribution is 5.87. The molecule has 188 valence electrons. The number of nitrogens with zero attached hydrogens (tertiary/aromatic N) is 4. The summed E-state index contributed by atoms with van der Waals surface area (Å²) in [4.78, 5) is 17.5. The van der Waals surface area contributed by atoms with Gasteiger partial charge in [0, 0.05) is 30.6 Å². The Kier molecular flexibility index (Phi) is 7.18. The van der Waals surface area contributed by atoms with E-state index in [4.69, 9.17) is 20.5 Å². The van der Waals surface area contributed by atoms with Gasteiger partial charge < -0.3 is 25.2 Å². The van der Waals surface area contributed by atoms with Crippen LogP contribution >= 0.6 is 0 Å². The molecule has 2 atom stereocenters. The molecule has 0 saturated carbocycles. The van der Waals surface area contributed by atoms with E-state index < -0.39 is 29.9 Å². The topological polar surface area (TPSA) is 145 Å². The number of anilines is 1. The minimum absolute atomic E-state index is 0.00726. The third kappa shape index (κ3) is 5.13. The standard InChI is InChI=1S/C26H21F2N5O4/c1-36-21-5-4-14(8-19(21)28)24-17(12-30)10-23(33-7-6-22(20(34)13-33)37-26(31)35)32-25(24)15-2-3-16(11-29)18(27)9-15/h2-5,8-10,20,22,34H,6-7,13H2,1H3,(H2,31,35). The van der Waals surface area contributed by atoms with Crippen LogP contribution in [-0.2, 0) is 4.74 Å². The number of ether oxygens (including phenoxy) is 2. The van der Waals surface area contributed by atoms with Crippen LogP contribution in [0, 0.1) is 34.3 Å². The van der Waals surface area contributed by atoms with Crippen LogP contribution in [0.15, 0.2) is 42.5 Å². The second-order valence-electron chi connectivity index (χ2n) is 8.30. The number of primary amides is 1. The zero-order chi connectivity index (χ0) is 26.7. The molecule has 11 heteroatoms. The zero-order valence-corrected chi connectivity index (χ0v) is 19.6. The van der Waals surface area contributed by atoms with Crippen molar-refractivity contribution in [3.8, 4) is 40.3 Å². The van der Waals surface area contributed by atoms with Gasteiger partial charge in [0.1, 0.15) is 29.9 Å². The molecule has 1 aliphatic heterocycles. The number of benzene rings is 2. The molecular formula is C26H21F2N5O4. The van der Waals surface area contributed by atoms with Crippen molar-refractivity contribution < 1.29 is 28.2 Å². The van der Waals surface area contributed by atoms with Crippen LogP contribution in [0.3, 0.4) is 0 Å². The maximum Gasteiger partial charge on any atom is 0.404 e. The van der Waals surface area contributed by atoms with Crippen LogP contribution in [0.1, 0.15) is 17.5 Å². The monoisotopic (exact) mass is 505 g/mol. The van der Waals surface area contributed by atoms with E-state index in [9.17, 15) is 23.9 Å². The fourth-order valence-corrected chi connectivity index (χ4v) is 4.26. The Bertz CT molecular complexity index is 1450. The van der Waals surface area contributed by atoms with Gasteiger partial charge in [-0.25, -0.2) is 18.6 Å². The summed E-state index contributed by atoms with van der Waals surface area (Å²) in [6, 6.07) is 13.4. The average molecular weight is 505 g/mol. The van der Waals surface area contributed by atoms with Crippen molar-refractivity contribution in [1.29, 1.82) is 10.5 Å². The lowest BCUT2D eigenvalue weighted by Crippen LogP contribution is -2.49. The largest absolute Gasteiger partial charge is 0.494 e. The molecule has 2 unspecified atom stereocenters. The molecule has 9 nitrogen and oxygen atoms in total. The van der Waals surface area contributed by atoms with Crippen LogP contribution in [0.25, 0.3) is 22.4 Å². The number of aliphatic hydroxyl groups excluding tert-OH is 1. The van der Waals surface area contributed by atoms with Crippen LogP contribution < -0.4 is 15.4 Å². The van der Waals surface area contributed by atoms with Crippen LogP contribution in [0.5, 0.6) is 5.75 Å². The predicted octanol–water partition coefficient (Wildman–Crippen LogP) is 3.48. The Balaban J connectivity index is 1.87. The number of aliphatic hydroxyl groups is 1. The second-order valence-corrected chi connectivity index (χ2v) is 8.30. The fourth-order valence-electron chi connectivity index (χ4n) is 4.26. The molecule has 1 amide bonds. The molecule has 3 aromatic rings. The molecule has 2 aromatic carbocycles. The van der Waals surface area contributed by atoms with E-state index in [1.807, 2.05) is 0 Å². The lowest BCUT2D eigenvalue weighted by atomic mass is 9.94. The summed E-state index contributed by atoms with van der Waals surface area (Å²) in [6.07, 6.45) is -2.61. The number of aromatic nitrogens is 1. The SMILES string of the molecule is COc1ccc(-c2c(C#N)cc(N3CCC(OC(N)=O)C(O)C3)nc2-c2ccc(C#N)c(F)c2)cc1F. The number of pyridine rings is 1. The van der Waals surface area contributed by atoms with E-state index in [1.165, 1.54) is 37.4 Å². The number of halogens is 2. The third-order valence-electron chi connectivity index (χ3n) is 6.04. The number of nitriles is 2. The smallest absolute Gasteiger partial charge is 0.404 e. The van der Waals surface area contributed by atoms with Gasteiger partial charge in [-0.3, -0.25) is 0 Å². The van der Waals surface area contributed by atoms with Crippen molar-refractivity contribution in [2.24, 2.45) is 5.73 Å². The summed E-state index contributed by atoms with van der Waals surface area (Å²) in [5.41, 5.74) is 6.02. The highest BCUT2D eigenvalue weighted by Crippen LogP contribution is 2.38. The lowest BCUT2D eigenvalue weighted by Gasteiger charge is -2.36. The van der Waals surface area contributed by atoms with Crippen molar-refractivity contribution in [2.45, 2.75) is 18.6 Å². The van der Waals surface area contributed by atoms with Crippen molar-refractivity contribution in [3.05, 3.63) is 65.2 Å². The summed E-state index contributed by atoms with van der Waals surface area (Å²) >= 11 is 0. The molecule has 0 bridgehead atoms. The third-order valence-corrected chi connectivity index (χ3v) is 6.04. The minimum Gasteiger partial charge on any atom is -0.494 e. The van der Waals surface area contributed by atoms with E-state index in [1.54, 1.807) is 17.0 Å². The second kappa shape index (κ2) is 10.5. The van der Waals surface area contributed by atoms with Gasteiger partial charge in [-0.15, -0.1) is 0 Å². The number of hydrogen-bond donors (Lipinski definition) is 2. The van der Waals surface area contributed by atoms with Gasteiger partial charge in [-0.2, -0.15) is 10.5 Å². The highest BCUT2D eigenvalue weighted by Gasteiger charge is 2.32. The number of carbonyl (C=O) groups excluding carboxylic acids is 1. The Hall–Kier alpha value is -4.74. The maximum atomic E-state index is 14.6. The lowest BCUT2D eigenvalue weighted by molar-refractivity contribution is -0.00380. The molecular weight excluding hydrogens is 484 g/mol. The number of hydrogen-bond acceptors (Lipinski definition) is 8. The summed E-state index contributed by atoms with van der Waals surface area (Å²) < 4.78 is 39.1. The highest BCUT2D eigenvalue weighted by atomic mass is 19.1. The predicted molar refractivity (Wildman–Crippen MR) is 128 cm³/mol. The number of piperidine rings is 1. The zero-order valence-electron chi connectivity index (χ0n) is 19.6. The van der Waals surface area contributed by atoms with Gasteiger partial charge in [0.05, 0.1) is 30.0 Å². The Morgan fingerprint density at radius 3 is 2.41 bits per heavy atom. The number of methoxy groups -OCH3 is 1. The number of rotatable bonds is 5. The minimum atomic E-state index is -1.07. The molecule has 1 fully saturated rings. The first-order chi connectivity index (χ1) is 17.7. The van der Waals surface area contributed by atoms with Gasteiger partial charge in [0.25, 0.3) is 0 Å². The Labute approximate surface area is 210 Å². The first-order valence-corrected chi connectivity index (χ1v) is 11.1. The molecule has 37 heavy (non-hydrogen) atoms. The molecule has 1 aromatic heterocycles. The summed E-state index contributed by atoms with van der Waals surface area (Å²) in [6.45, 7) is 0.331. The number of amides is 1. The van der Waals surface area contributed by atoms with E-state index >= 15 is 0 Å². The van der Waals surface area contributed by atoms with Crippen LogP contribution in [-0.4, -0.2) is 48.6 Å². The van der Waals surface area contributed by atoms with Gasteiger partial charge in [-0.05, 0) is 35.9 Å². The molecule has 0 radical (unpaired) electrons.